The van der Waals surface area contributed by atoms with Crippen LogP contribution in [-0.2, 0) is 0 Å². The Morgan fingerprint density at radius 3 is 2.71 bits per heavy atom. The molecule has 7 nitrogen and oxygen atoms in total. The first-order valence-electron chi connectivity index (χ1n) is 8.52. The van der Waals surface area contributed by atoms with Gasteiger partial charge in [-0.1, -0.05) is 6.92 Å². The van der Waals surface area contributed by atoms with Crippen molar-refractivity contribution in [3.63, 3.8) is 0 Å². The molecule has 0 spiro atoms. The average Bonchev–Trinajstić information content (AvgIpc) is 2.66. The van der Waals surface area contributed by atoms with Crippen LogP contribution in [0.15, 0.2) is 30.5 Å². The number of ether oxygens (including phenoxy) is 1. The van der Waals surface area contributed by atoms with Gasteiger partial charge in [0.2, 0.25) is 11.8 Å². The molecule has 0 bridgehead atoms. The number of nitrogen functional groups attached to an aromatic ring is 1. The molecular formula is C19H18F2N4O3. The summed E-state index contributed by atoms with van der Waals surface area (Å²) < 4.78 is 33.5. The van der Waals surface area contributed by atoms with Crippen molar-refractivity contribution in [3.8, 4) is 17.0 Å². The second kappa shape index (κ2) is 7.63. The van der Waals surface area contributed by atoms with E-state index in [0.29, 0.717) is 23.1 Å². The molecule has 0 unspecified atom stereocenters. The zero-order valence-corrected chi connectivity index (χ0v) is 15.3. The third-order valence-corrected chi connectivity index (χ3v) is 4.25. The van der Waals surface area contributed by atoms with Gasteiger partial charge in [-0.05, 0) is 30.7 Å². The number of hydrogen-bond acceptors (Lipinski definition) is 5. The summed E-state index contributed by atoms with van der Waals surface area (Å²) in [5.41, 5.74) is 5.83. The number of carbonyl (C=O) groups excluding carboxylic acids is 1. The molecule has 0 saturated heterocycles. The van der Waals surface area contributed by atoms with Crippen LogP contribution in [0.5, 0.6) is 5.88 Å². The molecule has 0 atom stereocenters. The minimum atomic E-state index is -0.797. The highest BCUT2D eigenvalue weighted by molar-refractivity contribution is 6.08. The minimum absolute atomic E-state index is 0.0290. The van der Waals surface area contributed by atoms with Crippen molar-refractivity contribution < 1.29 is 23.0 Å². The number of nitrogens with one attached hydrogen (secondary N) is 1. The zero-order chi connectivity index (χ0) is 20.4. The lowest BCUT2D eigenvalue weighted by atomic mass is 9.98. The maximum atomic E-state index is 14.7. The Labute approximate surface area is 159 Å². The SMILES string of the molecule is CCCNC(=O)c1c(N)c2ccc(F)c(-c3ccc(F)nc3OC)c2c[n+]1[O-]. The van der Waals surface area contributed by atoms with Crippen LogP contribution in [0.2, 0.25) is 0 Å². The Kier molecular flexibility index (Phi) is 5.25. The summed E-state index contributed by atoms with van der Waals surface area (Å²) >= 11 is 0. The predicted octanol–water partition coefficient (Wildman–Crippen LogP) is 2.54. The van der Waals surface area contributed by atoms with Gasteiger partial charge in [-0.2, -0.15) is 14.1 Å². The number of methoxy groups -OCH3 is 1. The topological polar surface area (TPSA) is 104 Å². The lowest BCUT2D eigenvalue weighted by Crippen LogP contribution is -2.40. The number of nitrogens with two attached hydrogens (primary N) is 1. The summed E-state index contributed by atoms with van der Waals surface area (Å²) in [6, 6.07) is 4.88. The first-order chi connectivity index (χ1) is 13.4. The van der Waals surface area contributed by atoms with Gasteiger partial charge >= 0.3 is 11.6 Å². The molecule has 3 aromatic rings. The van der Waals surface area contributed by atoms with Crippen molar-refractivity contribution >= 4 is 22.4 Å². The van der Waals surface area contributed by atoms with Crippen LogP contribution in [0.25, 0.3) is 21.9 Å². The van der Waals surface area contributed by atoms with Crippen LogP contribution < -0.4 is 20.5 Å². The molecule has 0 aliphatic heterocycles. The number of benzene rings is 1. The van der Waals surface area contributed by atoms with Crippen LogP contribution in [0.4, 0.5) is 14.5 Å². The number of anilines is 1. The Morgan fingerprint density at radius 2 is 2.04 bits per heavy atom. The number of nitrogens with zero attached hydrogens (tertiary/aromatic N) is 2. The van der Waals surface area contributed by atoms with Gasteiger partial charge in [0.15, 0.2) is 6.20 Å². The lowest BCUT2D eigenvalue weighted by Gasteiger charge is -2.14. The monoisotopic (exact) mass is 388 g/mol. The molecule has 0 aliphatic carbocycles. The first-order valence-corrected chi connectivity index (χ1v) is 8.52. The number of rotatable bonds is 5. The molecule has 0 fully saturated rings. The van der Waals surface area contributed by atoms with E-state index in [1.807, 2.05) is 6.92 Å². The van der Waals surface area contributed by atoms with Crippen LogP contribution in [0.1, 0.15) is 23.8 Å². The molecule has 0 radical (unpaired) electrons. The standard InChI is InChI=1S/C19H18F2N4O3/c1-3-8-23-18(26)17-16(22)10-4-6-13(20)15(12(10)9-25(17)27)11-5-7-14(21)24-19(11)28-2/h4-7,9H,3,8,22H2,1-2H3,(H,23,26). The molecule has 1 aromatic carbocycles. The van der Waals surface area contributed by atoms with Crippen LogP contribution >= 0.6 is 0 Å². The van der Waals surface area contributed by atoms with Gasteiger partial charge in [0.05, 0.1) is 12.5 Å². The van der Waals surface area contributed by atoms with Crippen molar-refractivity contribution in [1.29, 1.82) is 0 Å². The van der Waals surface area contributed by atoms with E-state index in [-0.39, 0.29) is 33.8 Å². The van der Waals surface area contributed by atoms with Crippen molar-refractivity contribution in [2.45, 2.75) is 13.3 Å². The van der Waals surface area contributed by atoms with Gasteiger partial charge in [0.1, 0.15) is 11.5 Å². The predicted molar refractivity (Wildman–Crippen MR) is 99.6 cm³/mol. The number of carbonyl (C=O) groups is 1. The molecule has 3 N–H and O–H groups in total. The molecule has 2 aromatic heterocycles. The van der Waals surface area contributed by atoms with E-state index in [2.05, 4.69) is 10.3 Å². The van der Waals surface area contributed by atoms with Gasteiger partial charge in [-0.25, -0.2) is 4.39 Å². The van der Waals surface area contributed by atoms with Crippen LogP contribution in [0, 0.1) is 17.0 Å². The van der Waals surface area contributed by atoms with Crippen molar-refractivity contribution in [2.75, 3.05) is 19.4 Å². The summed E-state index contributed by atoms with van der Waals surface area (Å²) in [4.78, 5) is 15.9. The van der Waals surface area contributed by atoms with E-state index in [0.717, 1.165) is 18.3 Å². The Bertz CT molecular complexity index is 1070. The van der Waals surface area contributed by atoms with Crippen molar-refractivity contribution in [3.05, 3.63) is 53.1 Å². The normalized spacial score (nSPS) is 10.9. The van der Waals surface area contributed by atoms with Gasteiger partial charge in [0, 0.05) is 23.1 Å². The number of halogens is 2. The van der Waals surface area contributed by atoms with Gasteiger partial charge in [0.25, 0.3) is 0 Å². The maximum absolute atomic E-state index is 14.7. The molecule has 146 valence electrons. The van der Waals surface area contributed by atoms with E-state index in [4.69, 9.17) is 10.5 Å². The molecular weight excluding hydrogens is 370 g/mol. The summed E-state index contributed by atoms with van der Waals surface area (Å²) in [6.07, 6.45) is 1.75. The fourth-order valence-electron chi connectivity index (χ4n) is 2.97. The maximum Gasteiger partial charge on any atom is 0.319 e. The molecule has 1 amide bonds. The van der Waals surface area contributed by atoms with Crippen LogP contribution in [-0.4, -0.2) is 24.5 Å². The molecule has 0 saturated carbocycles. The third kappa shape index (κ3) is 3.26. The summed E-state index contributed by atoms with van der Waals surface area (Å²) in [5.74, 6) is -2.24. The Morgan fingerprint density at radius 1 is 1.29 bits per heavy atom. The number of fused-ring (bicyclic) bond motifs is 1. The fraction of sp³-hybridized carbons (Fsp3) is 0.211. The van der Waals surface area contributed by atoms with E-state index in [1.165, 1.54) is 19.2 Å². The van der Waals surface area contributed by atoms with E-state index in [1.54, 1.807) is 0 Å². The quantitative estimate of drug-likeness (QED) is 0.397. The van der Waals surface area contributed by atoms with Gasteiger partial charge < -0.3 is 21.0 Å². The number of hydrogen-bond donors (Lipinski definition) is 2. The number of aromatic nitrogens is 2. The molecule has 28 heavy (non-hydrogen) atoms. The molecule has 2 heterocycles. The highest BCUT2D eigenvalue weighted by Gasteiger charge is 2.26. The van der Waals surface area contributed by atoms with E-state index < -0.39 is 17.7 Å². The van der Waals surface area contributed by atoms with Crippen LogP contribution in [0.3, 0.4) is 0 Å². The zero-order valence-electron chi connectivity index (χ0n) is 15.3. The third-order valence-electron chi connectivity index (χ3n) is 4.25. The van der Waals surface area contributed by atoms with E-state index >= 15 is 0 Å². The van der Waals surface area contributed by atoms with Gasteiger partial charge in [-0.15, -0.1) is 0 Å². The lowest BCUT2D eigenvalue weighted by molar-refractivity contribution is -0.605. The Hall–Kier alpha value is -3.49. The first kappa shape index (κ1) is 19.3. The highest BCUT2D eigenvalue weighted by Crippen LogP contribution is 2.37. The second-order valence-corrected chi connectivity index (χ2v) is 6.05. The second-order valence-electron chi connectivity index (χ2n) is 6.05. The fourth-order valence-corrected chi connectivity index (χ4v) is 2.97. The van der Waals surface area contributed by atoms with Gasteiger partial charge in [-0.3, -0.25) is 4.79 Å². The molecule has 9 heteroatoms. The summed E-state index contributed by atoms with van der Waals surface area (Å²) in [7, 11) is 1.27. The van der Waals surface area contributed by atoms with Crippen molar-refractivity contribution in [2.24, 2.45) is 0 Å². The highest BCUT2D eigenvalue weighted by atomic mass is 19.1. The van der Waals surface area contributed by atoms with Crippen molar-refractivity contribution in [1.82, 2.24) is 10.3 Å². The molecule has 3 rings (SSSR count). The minimum Gasteiger partial charge on any atom is -0.618 e. The molecule has 0 aliphatic rings. The summed E-state index contributed by atoms with van der Waals surface area (Å²) in [6.45, 7) is 2.25. The van der Waals surface area contributed by atoms with E-state index in [9.17, 15) is 18.8 Å². The average molecular weight is 388 g/mol. The Balaban J connectivity index is 2.29. The summed E-state index contributed by atoms with van der Waals surface area (Å²) in [5, 5.41) is 15.5. The number of pyridine rings is 2. The number of amides is 1. The smallest absolute Gasteiger partial charge is 0.319 e. The largest absolute Gasteiger partial charge is 0.618 e.